The second-order valence-corrected chi connectivity index (χ2v) is 4.70. The molecule has 2 rings (SSSR count). The fourth-order valence-corrected chi connectivity index (χ4v) is 3.08. The van der Waals surface area contributed by atoms with Gasteiger partial charge in [0.1, 0.15) is 5.60 Å². The van der Waals surface area contributed by atoms with Gasteiger partial charge in [0, 0.05) is 0 Å². The predicted molar refractivity (Wildman–Crippen MR) is 55.3 cm³/mol. The molecule has 4 heteroatoms. The van der Waals surface area contributed by atoms with Gasteiger partial charge in [-0.3, -0.25) is 0 Å². The molecule has 72 valence electrons. The van der Waals surface area contributed by atoms with E-state index in [0.717, 1.165) is 30.8 Å². The molecule has 1 aliphatic heterocycles. The van der Waals surface area contributed by atoms with Crippen LogP contribution in [-0.4, -0.2) is 18.2 Å². The van der Waals surface area contributed by atoms with Crippen molar-refractivity contribution in [3.8, 4) is 0 Å². The molecule has 0 aliphatic carbocycles. The third-order valence-electron chi connectivity index (χ3n) is 2.47. The average molecular weight is 218 g/mol. The summed E-state index contributed by atoms with van der Waals surface area (Å²) in [6.07, 6.45) is 1.51. The van der Waals surface area contributed by atoms with Crippen LogP contribution >= 0.6 is 22.9 Å². The lowest BCUT2D eigenvalue weighted by Gasteiger charge is -2.31. The molecule has 1 aromatic rings. The van der Waals surface area contributed by atoms with E-state index in [1.165, 1.54) is 0 Å². The number of piperidine rings is 1. The van der Waals surface area contributed by atoms with Crippen LogP contribution in [0.3, 0.4) is 0 Å². The summed E-state index contributed by atoms with van der Waals surface area (Å²) < 4.78 is 0. The Bertz CT molecular complexity index is 294. The summed E-state index contributed by atoms with van der Waals surface area (Å²) in [7, 11) is 0. The normalized spacial score (nSPS) is 21.7. The van der Waals surface area contributed by atoms with E-state index in [0.29, 0.717) is 5.02 Å². The van der Waals surface area contributed by atoms with E-state index in [4.69, 9.17) is 11.6 Å². The highest BCUT2D eigenvalue weighted by atomic mass is 35.5. The molecule has 2 nitrogen and oxygen atoms in total. The third kappa shape index (κ3) is 1.74. The summed E-state index contributed by atoms with van der Waals surface area (Å²) in [6.45, 7) is 1.73. The van der Waals surface area contributed by atoms with Gasteiger partial charge in [-0.25, -0.2) is 0 Å². The molecule has 0 radical (unpaired) electrons. The van der Waals surface area contributed by atoms with E-state index in [1.54, 1.807) is 11.3 Å². The fraction of sp³-hybridized carbons (Fsp3) is 0.556. The standard InChI is InChI=1S/C9H12ClNOS/c10-7-1-6-13-8(7)9(12)2-4-11-5-3-9/h1,6,11-12H,2-5H2. The lowest BCUT2D eigenvalue weighted by atomic mass is 9.91. The first kappa shape index (κ1) is 9.46. The SMILES string of the molecule is OC1(c2sccc2Cl)CCNCC1. The number of hydrogen-bond donors (Lipinski definition) is 2. The van der Waals surface area contributed by atoms with Crippen LogP contribution in [0, 0.1) is 0 Å². The fourth-order valence-electron chi connectivity index (χ4n) is 1.69. The van der Waals surface area contributed by atoms with Crippen molar-refractivity contribution < 1.29 is 5.11 Å². The molecule has 0 amide bonds. The lowest BCUT2D eigenvalue weighted by molar-refractivity contribution is 0.00954. The number of rotatable bonds is 1. The second-order valence-electron chi connectivity index (χ2n) is 3.38. The van der Waals surface area contributed by atoms with Gasteiger partial charge < -0.3 is 10.4 Å². The van der Waals surface area contributed by atoms with Gasteiger partial charge in [-0.2, -0.15) is 0 Å². The molecule has 0 bridgehead atoms. The molecule has 1 saturated heterocycles. The third-order valence-corrected chi connectivity index (χ3v) is 4.01. The summed E-state index contributed by atoms with van der Waals surface area (Å²) in [6, 6.07) is 1.85. The quantitative estimate of drug-likeness (QED) is 0.754. The molecule has 2 N–H and O–H groups in total. The van der Waals surface area contributed by atoms with Crippen molar-refractivity contribution in [2.75, 3.05) is 13.1 Å². The Balaban J connectivity index is 2.27. The van der Waals surface area contributed by atoms with E-state index < -0.39 is 5.60 Å². The summed E-state index contributed by atoms with van der Waals surface area (Å²) >= 11 is 7.54. The minimum atomic E-state index is -0.684. The first-order valence-electron chi connectivity index (χ1n) is 4.39. The van der Waals surface area contributed by atoms with Gasteiger partial charge in [-0.05, 0) is 37.4 Å². The topological polar surface area (TPSA) is 32.3 Å². The largest absolute Gasteiger partial charge is 0.384 e. The molecular formula is C9H12ClNOS. The van der Waals surface area contributed by atoms with E-state index in [1.807, 2.05) is 11.4 Å². The molecule has 13 heavy (non-hydrogen) atoms. The number of aliphatic hydroxyl groups is 1. The predicted octanol–water partition coefficient (Wildman–Crippen LogP) is 1.97. The maximum Gasteiger partial charge on any atom is 0.103 e. The number of thiophene rings is 1. The highest BCUT2D eigenvalue weighted by Gasteiger charge is 2.33. The summed E-state index contributed by atoms with van der Waals surface area (Å²) in [5.41, 5.74) is -0.684. The summed E-state index contributed by atoms with van der Waals surface area (Å²) in [5, 5.41) is 16.2. The van der Waals surface area contributed by atoms with Gasteiger partial charge in [0.25, 0.3) is 0 Å². The first-order chi connectivity index (χ1) is 6.22. The van der Waals surface area contributed by atoms with Crippen LogP contribution in [0.25, 0.3) is 0 Å². The maximum atomic E-state index is 10.3. The Morgan fingerprint density at radius 3 is 2.69 bits per heavy atom. The minimum absolute atomic E-state index is 0.684. The van der Waals surface area contributed by atoms with Gasteiger partial charge in [0.15, 0.2) is 0 Å². The Morgan fingerprint density at radius 1 is 1.46 bits per heavy atom. The lowest BCUT2D eigenvalue weighted by Crippen LogP contribution is -2.39. The minimum Gasteiger partial charge on any atom is -0.384 e. The Kier molecular flexibility index (Phi) is 2.60. The Hall–Kier alpha value is -0.0900. The molecule has 0 aromatic carbocycles. The molecule has 0 atom stereocenters. The van der Waals surface area contributed by atoms with E-state index >= 15 is 0 Å². The monoisotopic (exact) mass is 217 g/mol. The second kappa shape index (κ2) is 3.58. The molecular weight excluding hydrogens is 206 g/mol. The van der Waals surface area contributed by atoms with Crippen molar-refractivity contribution >= 4 is 22.9 Å². The van der Waals surface area contributed by atoms with Crippen molar-refractivity contribution in [1.29, 1.82) is 0 Å². The molecule has 0 unspecified atom stereocenters. The first-order valence-corrected chi connectivity index (χ1v) is 5.65. The molecule has 1 fully saturated rings. The zero-order chi connectivity index (χ0) is 9.31. The van der Waals surface area contributed by atoms with E-state index in [9.17, 15) is 5.11 Å². The smallest absolute Gasteiger partial charge is 0.103 e. The van der Waals surface area contributed by atoms with Crippen molar-refractivity contribution in [3.63, 3.8) is 0 Å². The van der Waals surface area contributed by atoms with Gasteiger partial charge in [0.2, 0.25) is 0 Å². The van der Waals surface area contributed by atoms with E-state index in [2.05, 4.69) is 5.32 Å². The van der Waals surface area contributed by atoms with Gasteiger partial charge in [0.05, 0.1) is 9.90 Å². The Labute approximate surface area is 86.5 Å². The number of halogens is 1. The van der Waals surface area contributed by atoms with Crippen LogP contribution in [-0.2, 0) is 5.60 Å². The summed E-state index contributed by atoms with van der Waals surface area (Å²) in [4.78, 5) is 0.927. The highest BCUT2D eigenvalue weighted by molar-refractivity contribution is 7.10. The zero-order valence-electron chi connectivity index (χ0n) is 7.22. The summed E-state index contributed by atoms with van der Waals surface area (Å²) in [5.74, 6) is 0. The van der Waals surface area contributed by atoms with Crippen LogP contribution in [0.2, 0.25) is 5.02 Å². The van der Waals surface area contributed by atoms with Crippen LogP contribution < -0.4 is 5.32 Å². The Morgan fingerprint density at radius 2 is 2.15 bits per heavy atom. The van der Waals surface area contributed by atoms with E-state index in [-0.39, 0.29) is 0 Å². The number of nitrogens with one attached hydrogen (secondary N) is 1. The van der Waals surface area contributed by atoms with Gasteiger partial charge in [-0.1, -0.05) is 11.6 Å². The molecule has 0 spiro atoms. The number of hydrogen-bond acceptors (Lipinski definition) is 3. The van der Waals surface area contributed by atoms with Crippen molar-refractivity contribution in [2.24, 2.45) is 0 Å². The molecule has 1 aliphatic rings. The van der Waals surface area contributed by atoms with Crippen LogP contribution in [0.4, 0.5) is 0 Å². The van der Waals surface area contributed by atoms with Gasteiger partial charge in [-0.15, -0.1) is 11.3 Å². The average Bonchev–Trinajstić information content (AvgIpc) is 2.53. The highest BCUT2D eigenvalue weighted by Crippen LogP contribution is 2.38. The van der Waals surface area contributed by atoms with Crippen LogP contribution in [0.1, 0.15) is 17.7 Å². The van der Waals surface area contributed by atoms with Crippen molar-refractivity contribution in [2.45, 2.75) is 18.4 Å². The molecule has 1 aromatic heterocycles. The van der Waals surface area contributed by atoms with Crippen molar-refractivity contribution in [3.05, 3.63) is 21.3 Å². The zero-order valence-corrected chi connectivity index (χ0v) is 8.79. The van der Waals surface area contributed by atoms with Crippen LogP contribution in [0.15, 0.2) is 11.4 Å². The van der Waals surface area contributed by atoms with Crippen LogP contribution in [0.5, 0.6) is 0 Å². The molecule has 0 saturated carbocycles. The molecule has 2 heterocycles. The maximum absolute atomic E-state index is 10.3. The van der Waals surface area contributed by atoms with Gasteiger partial charge >= 0.3 is 0 Å². The van der Waals surface area contributed by atoms with Crippen molar-refractivity contribution in [1.82, 2.24) is 5.32 Å².